The van der Waals surface area contributed by atoms with Crippen molar-refractivity contribution in [2.45, 2.75) is 32.9 Å². The van der Waals surface area contributed by atoms with Crippen LogP contribution in [0.3, 0.4) is 0 Å². The summed E-state index contributed by atoms with van der Waals surface area (Å²) in [6.45, 7) is 4.84. The molecule has 2 unspecified atom stereocenters. The Balaban J connectivity index is 2.46. The maximum absolute atomic E-state index is 9.21. The van der Waals surface area contributed by atoms with E-state index in [0.29, 0.717) is 18.2 Å². The van der Waals surface area contributed by atoms with Crippen LogP contribution in [0.5, 0.6) is 0 Å². The monoisotopic (exact) mass is 222 g/mol. The van der Waals surface area contributed by atoms with E-state index in [2.05, 4.69) is 19.2 Å². The molecule has 16 heavy (non-hydrogen) atoms. The second-order valence-corrected chi connectivity index (χ2v) is 3.93. The first kappa shape index (κ1) is 12.8. The van der Waals surface area contributed by atoms with Gasteiger partial charge < -0.3 is 14.8 Å². The van der Waals surface area contributed by atoms with Crippen molar-refractivity contribution in [3.05, 3.63) is 23.7 Å². The fraction of sp³-hybridized carbons (Fsp3) is 0.583. The van der Waals surface area contributed by atoms with Crippen molar-refractivity contribution in [1.29, 1.82) is 5.26 Å². The van der Waals surface area contributed by atoms with E-state index in [1.165, 1.54) is 0 Å². The lowest BCUT2D eigenvalue weighted by molar-refractivity contribution is 0.198. The van der Waals surface area contributed by atoms with E-state index in [1.807, 2.05) is 6.07 Å². The Hall–Kier alpha value is -1.31. The largest absolute Gasteiger partial charge is 0.449 e. The molecule has 0 spiro atoms. The van der Waals surface area contributed by atoms with Gasteiger partial charge in [0.15, 0.2) is 0 Å². The number of aliphatic hydroxyl groups is 1. The highest BCUT2D eigenvalue weighted by Gasteiger charge is 2.14. The summed E-state index contributed by atoms with van der Waals surface area (Å²) in [5.74, 6) is 1.45. The molecule has 0 aliphatic carbocycles. The third kappa shape index (κ3) is 3.37. The summed E-state index contributed by atoms with van der Waals surface area (Å²) in [6, 6.07) is 5.43. The number of nitriles is 1. The Morgan fingerprint density at radius 2 is 2.31 bits per heavy atom. The first-order valence-corrected chi connectivity index (χ1v) is 5.54. The molecule has 0 saturated carbocycles. The molecule has 88 valence electrons. The summed E-state index contributed by atoms with van der Waals surface area (Å²) in [4.78, 5) is 0. The minimum atomic E-state index is 0.0700. The van der Waals surface area contributed by atoms with Gasteiger partial charge in [-0.1, -0.05) is 20.3 Å². The second kappa shape index (κ2) is 6.31. The highest BCUT2D eigenvalue weighted by atomic mass is 16.3. The highest BCUT2D eigenvalue weighted by Crippen LogP contribution is 2.10. The van der Waals surface area contributed by atoms with Crippen molar-refractivity contribution in [3.8, 4) is 6.07 Å². The molecule has 4 heteroatoms. The molecular weight excluding hydrogens is 204 g/mol. The summed E-state index contributed by atoms with van der Waals surface area (Å²) in [6.07, 6.45) is 1.01. The van der Waals surface area contributed by atoms with Crippen LogP contribution in [0.2, 0.25) is 0 Å². The summed E-state index contributed by atoms with van der Waals surface area (Å²) in [5, 5.41) is 21.0. The number of aliphatic hydroxyl groups excluding tert-OH is 1. The molecule has 0 amide bonds. The Kier molecular flexibility index (Phi) is 5.03. The maximum Gasteiger partial charge on any atom is 0.203 e. The number of hydrogen-bond donors (Lipinski definition) is 2. The number of hydrogen-bond acceptors (Lipinski definition) is 4. The summed E-state index contributed by atoms with van der Waals surface area (Å²) < 4.78 is 5.24. The molecular formula is C12H18N2O2. The lowest BCUT2D eigenvalue weighted by atomic mass is 10.00. The van der Waals surface area contributed by atoms with Gasteiger partial charge in [-0.25, -0.2) is 0 Å². The van der Waals surface area contributed by atoms with Gasteiger partial charge in [-0.2, -0.15) is 5.26 Å². The molecule has 2 N–H and O–H groups in total. The molecule has 1 aromatic heterocycles. The minimum Gasteiger partial charge on any atom is -0.449 e. The van der Waals surface area contributed by atoms with E-state index < -0.39 is 0 Å². The first-order chi connectivity index (χ1) is 7.71. The van der Waals surface area contributed by atoms with Gasteiger partial charge in [-0.15, -0.1) is 0 Å². The molecule has 0 fully saturated rings. The van der Waals surface area contributed by atoms with E-state index in [0.717, 1.165) is 12.2 Å². The third-order valence-electron chi connectivity index (χ3n) is 2.84. The smallest absolute Gasteiger partial charge is 0.203 e. The molecule has 0 saturated heterocycles. The standard InChI is InChI=1S/C12H18N2O2/c1-3-9(2)12(8-15)14-7-11-5-4-10(6-13)16-11/h4-5,9,12,14-15H,3,7-8H2,1-2H3. The van der Waals surface area contributed by atoms with Gasteiger partial charge in [0.2, 0.25) is 5.76 Å². The van der Waals surface area contributed by atoms with E-state index >= 15 is 0 Å². The van der Waals surface area contributed by atoms with Gasteiger partial charge in [-0.05, 0) is 18.1 Å². The van der Waals surface area contributed by atoms with Crippen LogP contribution in [0.1, 0.15) is 31.8 Å². The van der Waals surface area contributed by atoms with E-state index in [4.69, 9.17) is 9.68 Å². The van der Waals surface area contributed by atoms with Gasteiger partial charge in [-0.3, -0.25) is 0 Å². The van der Waals surface area contributed by atoms with Crippen molar-refractivity contribution in [2.75, 3.05) is 6.61 Å². The van der Waals surface area contributed by atoms with Crippen LogP contribution < -0.4 is 5.32 Å². The SMILES string of the molecule is CCC(C)C(CO)NCc1ccc(C#N)o1. The van der Waals surface area contributed by atoms with Crippen LogP contribution in [-0.4, -0.2) is 17.8 Å². The van der Waals surface area contributed by atoms with Gasteiger partial charge in [0.1, 0.15) is 11.8 Å². The zero-order valence-corrected chi connectivity index (χ0v) is 9.73. The predicted molar refractivity (Wildman–Crippen MR) is 60.6 cm³/mol. The quantitative estimate of drug-likeness (QED) is 0.767. The molecule has 2 atom stereocenters. The van der Waals surface area contributed by atoms with Crippen LogP contribution in [0.25, 0.3) is 0 Å². The van der Waals surface area contributed by atoms with Crippen LogP contribution in [0.15, 0.2) is 16.5 Å². The van der Waals surface area contributed by atoms with E-state index in [9.17, 15) is 5.11 Å². The van der Waals surface area contributed by atoms with Crippen LogP contribution in [-0.2, 0) is 6.54 Å². The summed E-state index contributed by atoms with van der Waals surface area (Å²) in [7, 11) is 0. The van der Waals surface area contributed by atoms with Gasteiger partial charge >= 0.3 is 0 Å². The van der Waals surface area contributed by atoms with E-state index in [-0.39, 0.29) is 12.6 Å². The fourth-order valence-corrected chi connectivity index (χ4v) is 1.49. The zero-order valence-electron chi connectivity index (χ0n) is 9.73. The Bertz CT molecular complexity index is 354. The fourth-order valence-electron chi connectivity index (χ4n) is 1.49. The van der Waals surface area contributed by atoms with Gasteiger partial charge in [0.05, 0.1) is 13.2 Å². The lowest BCUT2D eigenvalue weighted by Gasteiger charge is -2.21. The lowest BCUT2D eigenvalue weighted by Crippen LogP contribution is -2.37. The summed E-state index contributed by atoms with van der Waals surface area (Å²) in [5.41, 5.74) is 0. The molecule has 4 nitrogen and oxygen atoms in total. The van der Waals surface area contributed by atoms with Gasteiger partial charge in [0.25, 0.3) is 0 Å². The molecule has 0 aliphatic heterocycles. The predicted octanol–water partition coefficient (Wildman–Crippen LogP) is 1.65. The van der Waals surface area contributed by atoms with Crippen molar-refractivity contribution in [1.82, 2.24) is 5.32 Å². The Labute approximate surface area is 95.9 Å². The molecule has 0 aromatic carbocycles. The van der Waals surface area contributed by atoms with Crippen molar-refractivity contribution in [3.63, 3.8) is 0 Å². The molecule has 1 rings (SSSR count). The number of nitrogens with zero attached hydrogens (tertiary/aromatic N) is 1. The van der Waals surface area contributed by atoms with Crippen LogP contribution in [0.4, 0.5) is 0 Å². The second-order valence-electron chi connectivity index (χ2n) is 3.93. The first-order valence-electron chi connectivity index (χ1n) is 5.54. The molecule has 1 aromatic rings. The minimum absolute atomic E-state index is 0.0700. The van der Waals surface area contributed by atoms with Crippen molar-refractivity contribution >= 4 is 0 Å². The topological polar surface area (TPSA) is 69.2 Å². The Morgan fingerprint density at radius 3 is 2.81 bits per heavy atom. The van der Waals surface area contributed by atoms with Crippen LogP contribution in [0, 0.1) is 17.2 Å². The number of nitrogens with one attached hydrogen (secondary N) is 1. The number of rotatable bonds is 6. The molecule has 0 bridgehead atoms. The Morgan fingerprint density at radius 1 is 1.56 bits per heavy atom. The normalized spacial score (nSPS) is 14.4. The van der Waals surface area contributed by atoms with Crippen molar-refractivity contribution in [2.24, 2.45) is 5.92 Å². The molecule has 1 heterocycles. The average molecular weight is 222 g/mol. The molecule has 0 radical (unpaired) electrons. The maximum atomic E-state index is 9.21. The van der Waals surface area contributed by atoms with Crippen molar-refractivity contribution < 1.29 is 9.52 Å². The average Bonchev–Trinajstić information content (AvgIpc) is 2.77. The summed E-state index contributed by atoms with van der Waals surface area (Å²) >= 11 is 0. The van der Waals surface area contributed by atoms with E-state index in [1.54, 1.807) is 12.1 Å². The third-order valence-corrected chi connectivity index (χ3v) is 2.84. The zero-order chi connectivity index (χ0) is 12.0. The molecule has 0 aliphatic rings. The van der Waals surface area contributed by atoms with Gasteiger partial charge in [0, 0.05) is 6.04 Å². The number of furan rings is 1. The van der Waals surface area contributed by atoms with Crippen LogP contribution >= 0.6 is 0 Å². The highest BCUT2D eigenvalue weighted by molar-refractivity contribution is 5.18.